The molecule has 2 saturated carbocycles. The number of carbonyl (C=O) groups excluding carboxylic acids is 2. The number of nitrogens with two attached hydrogens (primary N) is 1. The molecule has 0 heterocycles. The maximum atomic E-state index is 10.7. The molecule has 168 valence electrons. The summed E-state index contributed by atoms with van der Waals surface area (Å²) in [6, 6.07) is 0.705. The molecule has 0 aromatic heterocycles. The van der Waals surface area contributed by atoms with Crippen LogP contribution >= 0.6 is 11.8 Å². The number of aliphatic carboxylic acids is 1. The lowest BCUT2D eigenvalue weighted by Crippen LogP contribution is -2.42. The first-order valence-corrected chi connectivity index (χ1v) is 11.8. The molecule has 0 aromatic carbocycles. The van der Waals surface area contributed by atoms with E-state index in [1.807, 2.05) is 0 Å². The highest BCUT2D eigenvalue weighted by Gasteiger charge is 2.20. The Morgan fingerprint density at radius 1 is 0.966 bits per heavy atom. The van der Waals surface area contributed by atoms with Crippen LogP contribution in [0.15, 0.2) is 0 Å². The largest absolute Gasteiger partial charge is 0.480 e. The van der Waals surface area contributed by atoms with E-state index in [0.29, 0.717) is 0 Å². The fourth-order valence-corrected chi connectivity index (χ4v) is 4.66. The Morgan fingerprint density at radius 2 is 1.45 bits per heavy atom. The Bertz CT molecular complexity index is 492. The third-order valence-electron chi connectivity index (χ3n) is 5.25. The first-order valence-electron chi connectivity index (χ1n) is 10.6. The number of aliphatic hydroxyl groups is 1. The Morgan fingerprint density at radius 3 is 1.83 bits per heavy atom. The molecule has 6 N–H and O–H groups in total. The summed E-state index contributed by atoms with van der Waals surface area (Å²) < 4.78 is 0. The number of hydrogen-bond donors (Lipinski definition) is 5. The summed E-state index contributed by atoms with van der Waals surface area (Å²) in [7, 11) is 0. The highest BCUT2D eigenvalue weighted by molar-refractivity contribution is 7.99. The maximum Gasteiger partial charge on any atom is 0.327 e. The van der Waals surface area contributed by atoms with Crippen LogP contribution in [0.5, 0.6) is 0 Å². The molecule has 2 aliphatic rings. The van der Waals surface area contributed by atoms with E-state index in [1.165, 1.54) is 71.1 Å². The van der Waals surface area contributed by atoms with Crippen molar-refractivity contribution in [2.45, 2.75) is 95.4 Å². The first-order chi connectivity index (χ1) is 13.8. The molecule has 1 unspecified atom stereocenters. The van der Waals surface area contributed by atoms with Crippen molar-refractivity contribution >= 4 is 29.5 Å². The number of amides is 2. The van der Waals surface area contributed by atoms with Crippen molar-refractivity contribution in [2.24, 2.45) is 5.73 Å². The van der Waals surface area contributed by atoms with Crippen molar-refractivity contribution in [3.05, 3.63) is 0 Å². The number of primary amides is 1. The van der Waals surface area contributed by atoms with Gasteiger partial charge in [-0.3, -0.25) is 9.59 Å². The van der Waals surface area contributed by atoms with Crippen LogP contribution in [0.4, 0.5) is 0 Å². The van der Waals surface area contributed by atoms with E-state index in [2.05, 4.69) is 10.6 Å². The fourth-order valence-electron chi connectivity index (χ4n) is 3.67. The van der Waals surface area contributed by atoms with Crippen molar-refractivity contribution in [3.63, 3.8) is 0 Å². The second-order valence-electron chi connectivity index (χ2n) is 7.88. The number of thioether (sulfide) groups is 1. The lowest BCUT2D eigenvalue weighted by Gasteiger charge is -2.30. The average Bonchev–Trinajstić information content (AvgIpc) is 2.68. The molecular formula is C20H37N3O5S. The van der Waals surface area contributed by atoms with Crippen LogP contribution in [0.3, 0.4) is 0 Å². The minimum absolute atomic E-state index is 0.00129. The topological polar surface area (TPSA) is 142 Å². The van der Waals surface area contributed by atoms with Gasteiger partial charge in [0.15, 0.2) is 0 Å². The van der Waals surface area contributed by atoms with E-state index in [0.717, 1.165) is 23.8 Å². The Balaban J connectivity index is 0.000000294. The summed E-state index contributed by atoms with van der Waals surface area (Å²) in [6.45, 7) is 1.21. The zero-order valence-corrected chi connectivity index (χ0v) is 18.2. The molecule has 0 aliphatic heterocycles. The van der Waals surface area contributed by atoms with Gasteiger partial charge in [-0.15, -0.1) is 0 Å². The zero-order chi connectivity index (χ0) is 21.6. The number of carboxylic acids is 1. The van der Waals surface area contributed by atoms with Crippen LogP contribution < -0.4 is 16.4 Å². The van der Waals surface area contributed by atoms with Gasteiger partial charge in [-0.2, -0.15) is 11.8 Å². The highest BCUT2D eigenvalue weighted by atomic mass is 32.2. The average molecular weight is 432 g/mol. The Kier molecular flexibility index (Phi) is 13.0. The molecule has 2 rings (SSSR count). The van der Waals surface area contributed by atoms with Gasteiger partial charge >= 0.3 is 5.97 Å². The molecule has 0 bridgehead atoms. The molecule has 0 spiro atoms. The number of aliphatic hydroxyl groups excluding tert-OH is 1. The van der Waals surface area contributed by atoms with Gasteiger partial charge in [-0.05, 0) is 25.7 Å². The van der Waals surface area contributed by atoms with E-state index in [4.69, 9.17) is 15.9 Å². The van der Waals surface area contributed by atoms with E-state index in [1.54, 1.807) is 0 Å². The van der Waals surface area contributed by atoms with Crippen molar-refractivity contribution in [3.8, 4) is 0 Å². The SMILES string of the molecule is C1CCC(NC2CCCCC2)CC1.CC(=O)N[C@@H](CSCC(O)C(N)=O)C(=O)O. The summed E-state index contributed by atoms with van der Waals surface area (Å²) >= 11 is 1.02. The lowest BCUT2D eigenvalue weighted by molar-refractivity contribution is -0.140. The summed E-state index contributed by atoms with van der Waals surface area (Å²) in [4.78, 5) is 31.8. The molecule has 2 amide bonds. The molecule has 0 saturated heterocycles. The molecule has 9 heteroatoms. The minimum atomic E-state index is -1.31. The van der Waals surface area contributed by atoms with Crippen LogP contribution in [0, 0.1) is 0 Å². The monoisotopic (exact) mass is 431 g/mol. The van der Waals surface area contributed by atoms with Gasteiger partial charge in [0.2, 0.25) is 11.8 Å². The van der Waals surface area contributed by atoms with E-state index >= 15 is 0 Å². The minimum Gasteiger partial charge on any atom is -0.480 e. The van der Waals surface area contributed by atoms with E-state index < -0.39 is 29.9 Å². The van der Waals surface area contributed by atoms with E-state index in [-0.39, 0.29) is 11.5 Å². The fraction of sp³-hybridized carbons (Fsp3) is 0.850. The second kappa shape index (κ2) is 14.6. The predicted octanol–water partition coefficient (Wildman–Crippen LogP) is 1.40. The molecule has 29 heavy (non-hydrogen) atoms. The van der Waals surface area contributed by atoms with Crippen LogP contribution in [-0.4, -0.2) is 63.7 Å². The van der Waals surface area contributed by atoms with Crippen LogP contribution in [-0.2, 0) is 14.4 Å². The lowest BCUT2D eigenvalue weighted by atomic mass is 9.91. The maximum absolute atomic E-state index is 10.7. The number of carbonyl (C=O) groups is 3. The predicted molar refractivity (Wildman–Crippen MR) is 115 cm³/mol. The van der Waals surface area contributed by atoms with Gasteiger partial charge in [0.1, 0.15) is 12.1 Å². The number of rotatable bonds is 9. The van der Waals surface area contributed by atoms with Crippen LogP contribution in [0.1, 0.15) is 71.1 Å². The van der Waals surface area contributed by atoms with Gasteiger partial charge < -0.3 is 26.6 Å². The number of carboxylic acid groups (broad SMARTS) is 1. The smallest absolute Gasteiger partial charge is 0.327 e. The third kappa shape index (κ3) is 12.1. The van der Waals surface area contributed by atoms with Crippen molar-refractivity contribution < 1.29 is 24.6 Å². The van der Waals surface area contributed by atoms with Crippen molar-refractivity contribution in [1.82, 2.24) is 10.6 Å². The quantitative estimate of drug-likeness (QED) is 0.371. The van der Waals surface area contributed by atoms with Crippen molar-refractivity contribution in [2.75, 3.05) is 11.5 Å². The summed E-state index contributed by atoms with van der Waals surface area (Å²) in [5, 5.41) is 23.8. The van der Waals surface area contributed by atoms with Gasteiger partial charge in [-0.25, -0.2) is 4.79 Å². The highest BCUT2D eigenvalue weighted by Crippen LogP contribution is 2.22. The number of nitrogens with one attached hydrogen (secondary N) is 2. The zero-order valence-electron chi connectivity index (χ0n) is 17.4. The number of hydrogen-bond acceptors (Lipinski definition) is 6. The Hall–Kier alpha value is -1.32. The van der Waals surface area contributed by atoms with Crippen LogP contribution in [0.25, 0.3) is 0 Å². The van der Waals surface area contributed by atoms with Gasteiger partial charge in [0.25, 0.3) is 0 Å². The summed E-state index contributed by atoms with van der Waals surface area (Å²) in [6.07, 6.45) is 13.3. The molecule has 8 nitrogen and oxygen atoms in total. The molecule has 2 aliphatic carbocycles. The second-order valence-corrected chi connectivity index (χ2v) is 8.96. The first kappa shape index (κ1) is 25.7. The van der Waals surface area contributed by atoms with E-state index in [9.17, 15) is 14.4 Å². The summed E-state index contributed by atoms with van der Waals surface area (Å²) in [5.41, 5.74) is 4.81. The molecule has 2 fully saturated rings. The van der Waals surface area contributed by atoms with Gasteiger partial charge in [0.05, 0.1) is 0 Å². The molecule has 0 radical (unpaired) electrons. The van der Waals surface area contributed by atoms with Gasteiger partial charge in [0, 0.05) is 30.5 Å². The third-order valence-corrected chi connectivity index (χ3v) is 6.37. The normalized spacial score (nSPS) is 20.1. The molecule has 2 atom stereocenters. The Labute approximate surface area is 177 Å². The van der Waals surface area contributed by atoms with Crippen LogP contribution in [0.2, 0.25) is 0 Å². The van der Waals surface area contributed by atoms with Gasteiger partial charge in [-0.1, -0.05) is 38.5 Å². The summed E-state index contributed by atoms with van der Waals surface area (Å²) in [5.74, 6) is -2.43. The molecule has 0 aromatic rings. The van der Waals surface area contributed by atoms with Crippen molar-refractivity contribution in [1.29, 1.82) is 0 Å². The standard InChI is InChI=1S/C12H23N.C8H14N2O5S/c1-3-7-11(8-4-1)13-12-9-5-2-6-10-12;1-4(11)10-5(8(14)15)2-16-3-6(12)7(9)13/h11-13H,1-10H2;5-6,12H,2-3H2,1H3,(H2,9,13)(H,10,11)(H,14,15)/t;5-,6?/m.0/s1. The molecular weight excluding hydrogens is 394 g/mol.